The number of aromatic nitrogens is 2. The Bertz CT molecular complexity index is 1100. The van der Waals surface area contributed by atoms with Crippen LogP contribution in [0.2, 0.25) is 0 Å². The van der Waals surface area contributed by atoms with Gasteiger partial charge in [0.25, 0.3) is 0 Å². The summed E-state index contributed by atoms with van der Waals surface area (Å²) in [4.78, 5) is 8.41. The second kappa shape index (κ2) is 6.65. The van der Waals surface area contributed by atoms with Crippen molar-refractivity contribution in [2.75, 3.05) is 11.5 Å². The fourth-order valence-corrected chi connectivity index (χ4v) is 4.61. The number of fused-ring (bicyclic) bond motifs is 5. The number of pyridine rings is 2. The molecule has 148 valence electrons. The first-order valence-corrected chi connectivity index (χ1v) is 9.92. The number of hydrogen-bond acceptors (Lipinski definition) is 6. The van der Waals surface area contributed by atoms with E-state index < -0.39 is 0 Å². The fourth-order valence-electron chi connectivity index (χ4n) is 4.61. The van der Waals surface area contributed by atoms with Gasteiger partial charge >= 0.3 is 0 Å². The Balaban J connectivity index is 1.39. The van der Waals surface area contributed by atoms with Crippen LogP contribution in [0.15, 0.2) is 42.7 Å². The largest absolute Gasteiger partial charge is 0.488 e. The number of ether oxygens (including phenoxy) is 2. The molecular formula is C23H24N4O2. The molecule has 1 aromatic carbocycles. The maximum atomic E-state index is 6.38. The van der Waals surface area contributed by atoms with Gasteiger partial charge in [-0.15, -0.1) is 0 Å². The van der Waals surface area contributed by atoms with Gasteiger partial charge in [0, 0.05) is 11.8 Å². The van der Waals surface area contributed by atoms with E-state index >= 15 is 0 Å². The molecule has 3 atom stereocenters. The average Bonchev–Trinajstić information content (AvgIpc) is 3.23. The van der Waals surface area contributed by atoms with Gasteiger partial charge in [0.1, 0.15) is 35.0 Å². The first-order valence-electron chi connectivity index (χ1n) is 9.92. The van der Waals surface area contributed by atoms with Crippen molar-refractivity contribution in [3.05, 3.63) is 65.0 Å². The molecule has 2 heterocycles. The van der Waals surface area contributed by atoms with E-state index in [1.165, 1.54) is 11.1 Å². The lowest BCUT2D eigenvalue weighted by atomic mass is 9.92. The molecule has 1 saturated carbocycles. The highest BCUT2D eigenvalue weighted by molar-refractivity contribution is 5.50. The highest BCUT2D eigenvalue weighted by Gasteiger charge is 2.47. The molecule has 6 heteroatoms. The molecule has 0 aliphatic heterocycles. The summed E-state index contributed by atoms with van der Waals surface area (Å²) < 4.78 is 12.4. The molecule has 2 aliphatic rings. The third-order valence-electron chi connectivity index (χ3n) is 6.13. The quantitative estimate of drug-likeness (QED) is 0.684. The van der Waals surface area contributed by atoms with Gasteiger partial charge in [0.05, 0.1) is 12.4 Å². The Morgan fingerprint density at radius 3 is 2.10 bits per heavy atom. The predicted octanol–water partition coefficient (Wildman–Crippen LogP) is 4.47. The van der Waals surface area contributed by atoms with Gasteiger partial charge in [0.15, 0.2) is 0 Å². The Labute approximate surface area is 169 Å². The molecule has 3 aromatic rings. The number of aryl methyl sites for hydroxylation is 2. The lowest BCUT2D eigenvalue weighted by Crippen LogP contribution is -2.19. The fraction of sp³-hybridized carbons (Fsp3) is 0.304. The molecule has 0 amide bonds. The smallest absolute Gasteiger partial charge is 0.146 e. The second-order valence-electron chi connectivity index (χ2n) is 8.01. The zero-order valence-corrected chi connectivity index (χ0v) is 16.6. The van der Waals surface area contributed by atoms with Crippen molar-refractivity contribution in [3.8, 4) is 17.2 Å². The van der Waals surface area contributed by atoms with E-state index in [0.717, 1.165) is 35.5 Å². The first kappa shape index (κ1) is 17.8. The first-order chi connectivity index (χ1) is 14.0. The number of hydrogen-bond donors (Lipinski definition) is 2. The van der Waals surface area contributed by atoms with E-state index in [2.05, 4.69) is 22.1 Å². The van der Waals surface area contributed by atoms with Crippen molar-refractivity contribution in [2.45, 2.75) is 44.6 Å². The van der Waals surface area contributed by atoms with Crippen LogP contribution in [0.1, 0.15) is 46.9 Å². The van der Waals surface area contributed by atoms with E-state index in [0.29, 0.717) is 29.2 Å². The van der Waals surface area contributed by atoms with E-state index in [9.17, 15) is 0 Å². The molecule has 3 unspecified atom stereocenters. The van der Waals surface area contributed by atoms with Gasteiger partial charge in [-0.25, -0.2) is 9.97 Å². The number of nitrogens with zero attached hydrogens (tertiary/aromatic N) is 2. The molecule has 5 rings (SSSR count). The minimum absolute atomic E-state index is 0.130. The zero-order valence-electron chi connectivity index (χ0n) is 16.6. The molecule has 1 fully saturated rings. The van der Waals surface area contributed by atoms with Crippen molar-refractivity contribution >= 4 is 11.6 Å². The van der Waals surface area contributed by atoms with Crippen molar-refractivity contribution in [3.63, 3.8) is 0 Å². The lowest BCUT2D eigenvalue weighted by molar-refractivity contribution is 0.185. The average molecular weight is 388 g/mol. The summed E-state index contributed by atoms with van der Waals surface area (Å²) >= 11 is 0. The standard InChI is InChI=1S/C23H24N4O2/c1-12-7-15(10-26-22(12)24)28-14-3-4-17-18-5-6-19(20(17)9-14)21(18)29-16-8-13(2)23(25)27-11-16/h3-4,7-11,18-19,21H,5-6H2,1-2H3,(H2,24,26)(H2,25,27). The van der Waals surface area contributed by atoms with Crippen LogP contribution in [-0.4, -0.2) is 16.1 Å². The summed E-state index contributed by atoms with van der Waals surface area (Å²) in [6, 6.07) is 10.2. The van der Waals surface area contributed by atoms with E-state index in [1.54, 1.807) is 12.4 Å². The van der Waals surface area contributed by atoms with Crippen molar-refractivity contribution < 1.29 is 9.47 Å². The number of benzene rings is 1. The third-order valence-corrected chi connectivity index (χ3v) is 6.13. The maximum Gasteiger partial charge on any atom is 0.146 e. The van der Waals surface area contributed by atoms with E-state index in [-0.39, 0.29) is 6.10 Å². The van der Waals surface area contributed by atoms with Gasteiger partial charge in [0.2, 0.25) is 0 Å². The third kappa shape index (κ3) is 3.05. The van der Waals surface area contributed by atoms with Crippen LogP contribution in [0.5, 0.6) is 17.2 Å². The Hall–Kier alpha value is -3.28. The van der Waals surface area contributed by atoms with Gasteiger partial charge in [-0.05, 0) is 73.2 Å². The van der Waals surface area contributed by atoms with Gasteiger partial charge in [-0.3, -0.25) is 0 Å². The molecule has 0 spiro atoms. The van der Waals surface area contributed by atoms with Crippen LogP contribution in [0.25, 0.3) is 0 Å². The Morgan fingerprint density at radius 2 is 1.41 bits per heavy atom. The van der Waals surface area contributed by atoms with Crippen LogP contribution < -0.4 is 20.9 Å². The van der Waals surface area contributed by atoms with Gasteiger partial charge in [-0.2, -0.15) is 0 Å². The second-order valence-corrected chi connectivity index (χ2v) is 8.01. The zero-order chi connectivity index (χ0) is 20.1. The molecule has 0 saturated heterocycles. The topological polar surface area (TPSA) is 96.3 Å². The highest BCUT2D eigenvalue weighted by atomic mass is 16.5. The van der Waals surface area contributed by atoms with Gasteiger partial charge < -0.3 is 20.9 Å². The summed E-state index contributed by atoms with van der Waals surface area (Å²) in [5.41, 5.74) is 16.2. The summed E-state index contributed by atoms with van der Waals surface area (Å²) in [6.45, 7) is 3.87. The van der Waals surface area contributed by atoms with Crippen LogP contribution in [0.3, 0.4) is 0 Å². The Morgan fingerprint density at radius 1 is 0.793 bits per heavy atom. The minimum atomic E-state index is 0.130. The van der Waals surface area contributed by atoms with E-state index in [4.69, 9.17) is 20.9 Å². The number of rotatable bonds is 4. The number of nitrogen functional groups attached to an aromatic ring is 2. The number of nitrogens with two attached hydrogens (primary N) is 2. The molecule has 29 heavy (non-hydrogen) atoms. The predicted molar refractivity (Wildman–Crippen MR) is 112 cm³/mol. The van der Waals surface area contributed by atoms with Gasteiger partial charge in [-0.1, -0.05) is 6.07 Å². The number of anilines is 2. The minimum Gasteiger partial charge on any atom is -0.488 e. The van der Waals surface area contributed by atoms with Crippen molar-refractivity contribution in [2.24, 2.45) is 0 Å². The lowest BCUT2D eigenvalue weighted by Gasteiger charge is -2.19. The highest BCUT2D eigenvalue weighted by Crippen LogP contribution is 2.55. The molecule has 2 aromatic heterocycles. The molecule has 2 bridgehead atoms. The summed E-state index contributed by atoms with van der Waals surface area (Å²) in [5.74, 6) is 4.12. The van der Waals surface area contributed by atoms with Crippen LogP contribution >= 0.6 is 0 Å². The summed E-state index contributed by atoms with van der Waals surface area (Å²) in [6.07, 6.45) is 5.77. The maximum absolute atomic E-state index is 6.38. The normalized spacial score (nSPS) is 21.8. The summed E-state index contributed by atoms with van der Waals surface area (Å²) in [5, 5.41) is 0. The Kier molecular flexibility index (Phi) is 4.08. The van der Waals surface area contributed by atoms with Crippen LogP contribution in [0.4, 0.5) is 11.6 Å². The SMILES string of the molecule is Cc1cc(Oc2ccc3c(c2)C2CCC3C2Oc2cnc(N)c(C)c2)cnc1N. The molecule has 6 nitrogen and oxygen atoms in total. The van der Waals surface area contributed by atoms with Crippen molar-refractivity contribution in [1.29, 1.82) is 0 Å². The van der Waals surface area contributed by atoms with Crippen molar-refractivity contribution in [1.82, 2.24) is 9.97 Å². The van der Waals surface area contributed by atoms with Crippen LogP contribution in [-0.2, 0) is 0 Å². The summed E-state index contributed by atoms with van der Waals surface area (Å²) in [7, 11) is 0. The molecule has 4 N–H and O–H groups in total. The van der Waals surface area contributed by atoms with Crippen LogP contribution in [0, 0.1) is 13.8 Å². The monoisotopic (exact) mass is 388 g/mol. The molecule has 2 aliphatic carbocycles. The molecular weight excluding hydrogens is 364 g/mol. The molecule has 0 radical (unpaired) electrons. The van der Waals surface area contributed by atoms with E-state index in [1.807, 2.05) is 32.0 Å².